The Morgan fingerprint density at radius 1 is 0.535 bits per heavy atom. The van der Waals surface area contributed by atoms with Crippen LogP contribution in [0.3, 0.4) is 0 Å². The van der Waals surface area contributed by atoms with E-state index in [0.29, 0.717) is 17.5 Å². The monoisotopic (exact) mass is 555 g/mol. The number of rotatable bonds is 5. The summed E-state index contributed by atoms with van der Waals surface area (Å²) in [7, 11) is 0. The highest BCUT2D eigenvalue weighted by molar-refractivity contribution is 5.98. The van der Waals surface area contributed by atoms with E-state index in [0.717, 1.165) is 75.8 Å². The fraction of sp³-hybridized carbons (Fsp3) is 0.103. The lowest BCUT2D eigenvalue weighted by molar-refractivity contribution is 0.545. The van der Waals surface area contributed by atoms with Crippen molar-refractivity contribution in [1.82, 2.24) is 15.0 Å². The molecule has 2 aliphatic carbocycles. The molecule has 4 nitrogen and oxygen atoms in total. The number of benzene rings is 4. The molecule has 0 N–H and O–H groups in total. The molecule has 206 valence electrons. The highest BCUT2D eigenvalue weighted by Crippen LogP contribution is 2.40. The lowest BCUT2D eigenvalue weighted by Crippen LogP contribution is -2.08. The number of hydrogen-bond donors (Lipinski definition) is 0. The first kappa shape index (κ1) is 25.4. The van der Waals surface area contributed by atoms with E-state index in [1.54, 1.807) is 0 Å². The van der Waals surface area contributed by atoms with Crippen LogP contribution in [-0.2, 0) is 6.42 Å². The van der Waals surface area contributed by atoms with Crippen LogP contribution in [0, 0.1) is 0 Å². The third kappa shape index (κ3) is 4.81. The molecule has 43 heavy (non-hydrogen) atoms. The Bertz CT molecular complexity index is 2050. The summed E-state index contributed by atoms with van der Waals surface area (Å²) in [5, 5.41) is 1.09. The summed E-state index contributed by atoms with van der Waals surface area (Å²) >= 11 is 0. The fourth-order valence-corrected chi connectivity index (χ4v) is 6.06. The third-order valence-electron chi connectivity index (χ3n) is 8.24. The standard InChI is InChI=1S/C39H29N3O/c1-4-11-26(12-5-1)27-19-21-28(22-20-27)31-23-24-32-35(25-31)43-34-18-10-17-33(36(32)34)39-41-37(29-13-6-2-7-14-29)40-38(42-39)30-15-8-3-9-16-30/h1-2,4-8,11-17,19-25H,3,9-10,18H2. The molecule has 0 bridgehead atoms. The second kappa shape index (κ2) is 10.8. The Labute approximate surface area is 250 Å². The molecule has 2 aromatic heterocycles. The normalized spacial score (nSPS) is 14.3. The van der Waals surface area contributed by atoms with Crippen LogP contribution < -0.4 is 0 Å². The molecular weight excluding hydrogens is 526 g/mol. The summed E-state index contributed by atoms with van der Waals surface area (Å²) in [5.74, 6) is 3.07. The topological polar surface area (TPSA) is 51.8 Å². The zero-order chi connectivity index (χ0) is 28.6. The summed E-state index contributed by atoms with van der Waals surface area (Å²) < 4.78 is 6.52. The van der Waals surface area contributed by atoms with Gasteiger partial charge < -0.3 is 4.42 Å². The molecule has 4 aromatic carbocycles. The van der Waals surface area contributed by atoms with Crippen molar-refractivity contribution in [1.29, 1.82) is 0 Å². The van der Waals surface area contributed by atoms with Gasteiger partial charge >= 0.3 is 0 Å². The Morgan fingerprint density at radius 2 is 1.19 bits per heavy atom. The fourth-order valence-electron chi connectivity index (χ4n) is 6.06. The number of aromatic nitrogens is 3. The van der Waals surface area contributed by atoms with Crippen LogP contribution in [0.5, 0.6) is 0 Å². The third-order valence-corrected chi connectivity index (χ3v) is 8.24. The lowest BCUT2D eigenvalue weighted by Gasteiger charge is -2.15. The number of hydrogen-bond acceptors (Lipinski definition) is 4. The van der Waals surface area contributed by atoms with Crippen molar-refractivity contribution in [2.75, 3.05) is 0 Å². The van der Waals surface area contributed by atoms with Crippen molar-refractivity contribution in [3.05, 3.63) is 150 Å². The van der Waals surface area contributed by atoms with Crippen LogP contribution in [0.25, 0.3) is 55.8 Å². The second-order valence-electron chi connectivity index (χ2n) is 11.0. The minimum absolute atomic E-state index is 0.683. The molecule has 0 amide bonds. The second-order valence-corrected chi connectivity index (χ2v) is 11.0. The first-order valence-corrected chi connectivity index (χ1v) is 14.9. The molecule has 0 atom stereocenters. The summed E-state index contributed by atoms with van der Waals surface area (Å²) in [5.41, 5.74) is 9.74. The van der Waals surface area contributed by atoms with Gasteiger partial charge in [-0.1, -0.05) is 115 Å². The highest BCUT2D eigenvalue weighted by atomic mass is 16.3. The first-order valence-electron chi connectivity index (χ1n) is 14.9. The molecule has 4 heteroatoms. The molecule has 0 radical (unpaired) electrons. The van der Waals surface area contributed by atoms with Gasteiger partial charge in [-0.15, -0.1) is 0 Å². The van der Waals surface area contributed by atoms with Gasteiger partial charge in [0, 0.05) is 34.1 Å². The van der Waals surface area contributed by atoms with Crippen molar-refractivity contribution in [3.8, 4) is 33.6 Å². The van der Waals surface area contributed by atoms with E-state index in [9.17, 15) is 0 Å². The van der Waals surface area contributed by atoms with Gasteiger partial charge in [-0.05, 0) is 53.6 Å². The Hall–Kier alpha value is -5.35. The van der Waals surface area contributed by atoms with E-state index in [4.69, 9.17) is 19.4 Å². The highest BCUT2D eigenvalue weighted by Gasteiger charge is 2.25. The molecule has 0 spiro atoms. The van der Waals surface area contributed by atoms with Crippen LogP contribution in [0.15, 0.2) is 132 Å². The Kier molecular flexibility index (Phi) is 6.38. The van der Waals surface area contributed by atoms with E-state index in [1.165, 1.54) is 11.1 Å². The SMILES string of the molecule is C1=CC(c2nc(C3=CCCc4oc5cc(-c6ccc(-c7ccccc7)cc6)ccc5c43)nc(-c3ccccc3)n2)=CCC1. The quantitative estimate of drug-likeness (QED) is 0.212. The molecule has 0 fully saturated rings. The summed E-state index contributed by atoms with van der Waals surface area (Å²) in [6.45, 7) is 0. The average molecular weight is 556 g/mol. The van der Waals surface area contributed by atoms with Gasteiger partial charge in [0.2, 0.25) is 0 Å². The van der Waals surface area contributed by atoms with Gasteiger partial charge in [0.05, 0.1) is 0 Å². The van der Waals surface area contributed by atoms with Crippen LogP contribution >= 0.6 is 0 Å². The largest absolute Gasteiger partial charge is 0.460 e. The van der Waals surface area contributed by atoms with Crippen molar-refractivity contribution in [3.63, 3.8) is 0 Å². The van der Waals surface area contributed by atoms with E-state index in [2.05, 4.69) is 103 Å². The van der Waals surface area contributed by atoms with Crippen molar-refractivity contribution in [2.24, 2.45) is 0 Å². The Balaban J connectivity index is 1.20. The van der Waals surface area contributed by atoms with Gasteiger partial charge in [0.25, 0.3) is 0 Å². The summed E-state index contributed by atoms with van der Waals surface area (Å²) in [6, 6.07) is 35.9. The zero-order valence-electron chi connectivity index (χ0n) is 23.7. The number of aryl methyl sites for hydroxylation is 1. The summed E-state index contributed by atoms with van der Waals surface area (Å²) in [6.07, 6.45) is 12.6. The van der Waals surface area contributed by atoms with Gasteiger partial charge in [-0.25, -0.2) is 15.0 Å². The van der Waals surface area contributed by atoms with Crippen molar-refractivity contribution < 1.29 is 4.42 Å². The molecular formula is C39H29N3O. The molecule has 6 aromatic rings. The number of allylic oxidation sites excluding steroid dienone is 5. The Morgan fingerprint density at radius 3 is 1.93 bits per heavy atom. The molecule has 8 rings (SSSR count). The van der Waals surface area contributed by atoms with Gasteiger partial charge in [-0.3, -0.25) is 0 Å². The predicted octanol–water partition coefficient (Wildman–Crippen LogP) is 9.73. The maximum atomic E-state index is 6.52. The van der Waals surface area contributed by atoms with Crippen LogP contribution in [-0.4, -0.2) is 15.0 Å². The van der Waals surface area contributed by atoms with E-state index < -0.39 is 0 Å². The zero-order valence-corrected chi connectivity index (χ0v) is 23.7. The maximum absolute atomic E-state index is 6.52. The molecule has 2 heterocycles. The molecule has 2 aliphatic rings. The molecule has 0 unspecified atom stereocenters. The first-order chi connectivity index (χ1) is 21.3. The average Bonchev–Trinajstić information content (AvgIpc) is 3.47. The maximum Gasteiger partial charge on any atom is 0.164 e. The van der Waals surface area contributed by atoms with E-state index >= 15 is 0 Å². The van der Waals surface area contributed by atoms with Crippen LogP contribution in [0.1, 0.15) is 42.2 Å². The minimum Gasteiger partial charge on any atom is -0.460 e. The van der Waals surface area contributed by atoms with Crippen molar-refractivity contribution in [2.45, 2.75) is 25.7 Å². The van der Waals surface area contributed by atoms with Gasteiger partial charge in [0.1, 0.15) is 11.3 Å². The smallest absolute Gasteiger partial charge is 0.164 e. The molecule has 0 aliphatic heterocycles. The number of nitrogens with zero attached hydrogens (tertiary/aromatic N) is 3. The van der Waals surface area contributed by atoms with E-state index in [1.807, 2.05) is 24.3 Å². The molecule has 0 saturated heterocycles. The summed E-state index contributed by atoms with van der Waals surface area (Å²) in [4.78, 5) is 15.0. The van der Waals surface area contributed by atoms with E-state index in [-0.39, 0.29) is 0 Å². The number of furan rings is 1. The minimum atomic E-state index is 0.683. The lowest BCUT2D eigenvalue weighted by atomic mass is 9.92. The van der Waals surface area contributed by atoms with Gasteiger partial charge in [-0.2, -0.15) is 0 Å². The predicted molar refractivity (Wildman–Crippen MR) is 174 cm³/mol. The number of fused-ring (bicyclic) bond motifs is 3. The van der Waals surface area contributed by atoms with Crippen LogP contribution in [0.4, 0.5) is 0 Å². The van der Waals surface area contributed by atoms with Crippen LogP contribution in [0.2, 0.25) is 0 Å². The van der Waals surface area contributed by atoms with Gasteiger partial charge in [0.15, 0.2) is 17.5 Å². The van der Waals surface area contributed by atoms with Crippen molar-refractivity contribution >= 4 is 22.1 Å². The molecule has 0 saturated carbocycles.